The van der Waals surface area contributed by atoms with E-state index in [0.29, 0.717) is 0 Å². The fourth-order valence-corrected chi connectivity index (χ4v) is 3.50. The van der Waals surface area contributed by atoms with Gasteiger partial charge in [-0.25, -0.2) is 0 Å². The Bertz CT molecular complexity index is 748. The number of hydrogen-bond donors (Lipinski definition) is 0. The fraction of sp³-hybridized carbons (Fsp3) is 0.421. The molecule has 0 atom stereocenters. The van der Waals surface area contributed by atoms with Crippen LogP contribution in [0.25, 0.3) is 10.9 Å². The van der Waals surface area contributed by atoms with Gasteiger partial charge in [0.1, 0.15) is 0 Å². The monoisotopic (exact) mass is 308 g/mol. The number of para-hydroxylation sites is 1. The maximum absolute atomic E-state index is 4.60. The Hall–Kier alpha value is -1.91. The van der Waals surface area contributed by atoms with Crippen molar-refractivity contribution in [2.24, 2.45) is 4.99 Å². The van der Waals surface area contributed by atoms with Crippen LogP contribution in [0.1, 0.15) is 5.56 Å². The van der Waals surface area contributed by atoms with Crippen molar-refractivity contribution >= 4 is 16.6 Å². The molecular weight excluding hydrogens is 284 g/mol. The molecule has 1 fully saturated rings. The second-order valence-electron chi connectivity index (χ2n) is 6.53. The largest absolute Gasteiger partial charge is 0.345 e. The van der Waals surface area contributed by atoms with Gasteiger partial charge in [0.2, 0.25) is 0 Å². The molecule has 23 heavy (non-hydrogen) atoms. The molecule has 0 aliphatic carbocycles. The normalized spacial score (nSPS) is 19.6. The van der Waals surface area contributed by atoms with Crippen molar-refractivity contribution in [1.29, 1.82) is 0 Å². The zero-order valence-electron chi connectivity index (χ0n) is 13.8. The highest BCUT2D eigenvalue weighted by atomic mass is 15.2. The zero-order valence-corrected chi connectivity index (χ0v) is 13.8. The van der Waals surface area contributed by atoms with Crippen molar-refractivity contribution < 1.29 is 0 Å². The highest BCUT2D eigenvalue weighted by Crippen LogP contribution is 2.23. The summed E-state index contributed by atoms with van der Waals surface area (Å²) < 4.78 is 2.40. The lowest BCUT2D eigenvalue weighted by molar-refractivity contribution is 0.150. The van der Waals surface area contributed by atoms with Crippen molar-refractivity contribution in [3.63, 3.8) is 0 Å². The van der Waals surface area contributed by atoms with Crippen LogP contribution in [0.5, 0.6) is 0 Å². The van der Waals surface area contributed by atoms with E-state index in [0.717, 1.165) is 25.3 Å². The Morgan fingerprint density at radius 3 is 2.65 bits per heavy atom. The van der Waals surface area contributed by atoms with Crippen LogP contribution in [0, 0.1) is 0 Å². The van der Waals surface area contributed by atoms with Gasteiger partial charge in [0, 0.05) is 61.9 Å². The predicted octanol–water partition coefficient (Wildman–Crippen LogP) is 2.25. The lowest BCUT2D eigenvalue weighted by Gasteiger charge is -2.32. The van der Waals surface area contributed by atoms with Crippen LogP contribution in [-0.2, 0) is 6.54 Å². The fourth-order valence-electron chi connectivity index (χ4n) is 3.50. The van der Waals surface area contributed by atoms with Gasteiger partial charge in [-0.1, -0.05) is 24.3 Å². The second-order valence-corrected chi connectivity index (χ2v) is 6.53. The molecule has 4 nitrogen and oxygen atoms in total. The van der Waals surface area contributed by atoms with Crippen molar-refractivity contribution in [3.05, 3.63) is 48.2 Å². The molecule has 4 heteroatoms. The van der Waals surface area contributed by atoms with Crippen molar-refractivity contribution in [2.75, 3.05) is 46.3 Å². The Labute approximate surface area is 137 Å². The number of likely N-dealkylation sites (N-methyl/N-ethyl adjacent to an activating group) is 1. The third-order valence-electron chi connectivity index (χ3n) is 4.96. The number of piperazine rings is 1. The minimum absolute atomic E-state index is 0.816. The van der Waals surface area contributed by atoms with Gasteiger partial charge in [0.25, 0.3) is 0 Å². The van der Waals surface area contributed by atoms with Gasteiger partial charge in [0.05, 0.1) is 12.3 Å². The molecular formula is C19H24N4. The molecule has 1 aromatic heterocycles. The summed E-state index contributed by atoms with van der Waals surface area (Å²) in [7, 11) is 2.21. The summed E-state index contributed by atoms with van der Waals surface area (Å²) in [6, 6.07) is 8.69. The van der Waals surface area contributed by atoms with Crippen LogP contribution >= 0.6 is 0 Å². The lowest BCUT2D eigenvalue weighted by atomic mass is 10.1. The summed E-state index contributed by atoms with van der Waals surface area (Å²) in [5, 5.41) is 1.32. The van der Waals surface area contributed by atoms with Gasteiger partial charge in [-0.15, -0.1) is 0 Å². The van der Waals surface area contributed by atoms with Crippen molar-refractivity contribution in [3.8, 4) is 0 Å². The summed E-state index contributed by atoms with van der Waals surface area (Å²) in [6.45, 7) is 7.69. The molecule has 2 aromatic rings. The van der Waals surface area contributed by atoms with Crippen LogP contribution in [0.2, 0.25) is 0 Å². The van der Waals surface area contributed by atoms with Crippen LogP contribution in [-0.4, -0.2) is 66.4 Å². The quantitative estimate of drug-likeness (QED) is 0.865. The summed E-state index contributed by atoms with van der Waals surface area (Å²) >= 11 is 0. The standard InChI is InChI=1S/C19H24N4/c1-21-9-11-22(12-10-21)13-14-23-15-17(18-6-4-8-20-18)16-5-2-3-7-19(16)23/h2-7,15H,8-14H2,1H3. The molecule has 0 saturated carbocycles. The third kappa shape index (κ3) is 2.96. The van der Waals surface area contributed by atoms with E-state index in [1.165, 1.54) is 42.6 Å². The summed E-state index contributed by atoms with van der Waals surface area (Å²) in [5.41, 5.74) is 3.71. The minimum atomic E-state index is 0.816. The number of aliphatic imine (C=N–C) groups is 1. The molecule has 1 saturated heterocycles. The second kappa shape index (κ2) is 6.30. The molecule has 0 spiro atoms. The molecule has 2 aliphatic heterocycles. The summed E-state index contributed by atoms with van der Waals surface area (Å²) in [4.78, 5) is 9.58. The number of allylic oxidation sites excluding steroid dienone is 1. The molecule has 0 bridgehead atoms. The maximum Gasteiger partial charge on any atom is 0.0669 e. The number of nitrogens with zero attached hydrogens (tertiary/aromatic N) is 4. The van der Waals surface area contributed by atoms with E-state index in [-0.39, 0.29) is 0 Å². The van der Waals surface area contributed by atoms with E-state index in [1.54, 1.807) is 0 Å². The zero-order chi connectivity index (χ0) is 15.6. The van der Waals surface area contributed by atoms with Crippen LogP contribution in [0.4, 0.5) is 0 Å². The summed E-state index contributed by atoms with van der Waals surface area (Å²) in [6.07, 6.45) is 6.56. The Balaban J connectivity index is 1.56. The number of hydrogen-bond acceptors (Lipinski definition) is 3. The average Bonchev–Trinajstić information content (AvgIpc) is 3.22. The first kappa shape index (κ1) is 14.7. The number of rotatable bonds is 4. The van der Waals surface area contributed by atoms with E-state index >= 15 is 0 Å². The first-order valence-electron chi connectivity index (χ1n) is 8.51. The van der Waals surface area contributed by atoms with Gasteiger partial charge in [0.15, 0.2) is 0 Å². The molecule has 2 aliphatic rings. The van der Waals surface area contributed by atoms with Gasteiger partial charge < -0.3 is 9.47 Å². The molecule has 0 radical (unpaired) electrons. The SMILES string of the molecule is CN1CCN(CCn2cc(C3=NCC=C3)c3ccccc32)CC1. The Morgan fingerprint density at radius 1 is 1.04 bits per heavy atom. The molecule has 0 N–H and O–H groups in total. The Kier molecular flexibility index (Phi) is 4.02. The highest BCUT2D eigenvalue weighted by molar-refractivity contribution is 6.17. The van der Waals surface area contributed by atoms with E-state index in [4.69, 9.17) is 0 Å². The van der Waals surface area contributed by atoms with Gasteiger partial charge in [-0.2, -0.15) is 0 Å². The summed E-state index contributed by atoms with van der Waals surface area (Å²) in [5.74, 6) is 0. The van der Waals surface area contributed by atoms with E-state index in [9.17, 15) is 0 Å². The van der Waals surface area contributed by atoms with Gasteiger partial charge in [-0.05, 0) is 19.2 Å². The molecule has 4 rings (SSSR count). The number of fused-ring (bicyclic) bond motifs is 1. The predicted molar refractivity (Wildman–Crippen MR) is 96.4 cm³/mol. The first-order chi connectivity index (χ1) is 11.3. The molecule has 0 amide bonds. The first-order valence-corrected chi connectivity index (χ1v) is 8.51. The van der Waals surface area contributed by atoms with E-state index in [2.05, 4.69) is 69.0 Å². The highest BCUT2D eigenvalue weighted by Gasteiger charge is 2.16. The van der Waals surface area contributed by atoms with Gasteiger partial charge in [-0.3, -0.25) is 9.89 Å². The van der Waals surface area contributed by atoms with E-state index in [1.807, 2.05) is 0 Å². The molecule has 1 aromatic carbocycles. The Morgan fingerprint density at radius 2 is 1.87 bits per heavy atom. The maximum atomic E-state index is 4.60. The molecule has 0 unspecified atom stereocenters. The number of aromatic nitrogens is 1. The smallest absolute Gasteiger partial charge is 0.0669 e. The van der Waals surface area contributed by atoms with Crippen molar-refractivity contribution in [1.82, 2.24) is 14.4 Å². The average molecular weight is 308 g/mol. The molecule has 3 heterocycles. The molecule has 120 valence electrons. The third-order valence-corrected chi connectivity index (χ3v) is 4.96. The van der Waals surface area contributed by atoms with Crippen molar-refractivity contribution in [2.45, 2.75) is 6.54 Å². The lowest BCUT2D eigenvalue weighted by Crippen LogP contribution is -2.45. The topological polar surface area (TPSA) is 23.8 Å². The number of benzene rings is 1. The van der Waals surface area contributed by atoms with E-state index < -0.39 is 0 Å². The van der Waals surface area contributed by atoms with Crippen LogP contribution in [0.3, 0.4) is 0 Å². The van der Waals surface area contributed by atoms with Gasteiger partial charge >= 0.3 is 0 Å². The van der Waals surface area contributed by atoms with Crippen LogP contribution in [0.15, 0.2) is 47.6 Å². The van der Waals surface area contributed by atoms with Crippen LogP contribution < -0.4 is 0 Å². The minimum Gasteiger partial charge on any atom is -0.345 e.